The average Bonchev–Trinajstić information content (AvgIpc) is 2.81. The molecule has 2 amide bonds. The maximum atomic E-state index is 13.9. The molecule has 1 atom stereocenters. The maximum absolute atomic E-state index is 13.9. The number of halogens is 3. The van der Waals surface area contributed by atoms with Crippen molar-refractivity contribution in [1.82, 2.24) is 14.7 Å². The van der Waals surface area contributed by atoms with Crippen molar-refractivity contribution in [3.63, 3.8) is 0 Å². The zero-order valence-electron chi connectivity index (χ0n) is 17.5. The zero-order valence-corrected chi connectivity index (χ0v) is 19.0. The molecule has 0 spiro atoms. The van der Waals surface area contributed by atoms with Crippen LogP contribution >= 0.6 is 23.2 Å². The second kappa shape index (κ2) is 10.2. The van der Waals surface area contributed by atoms with Crippen LogP contribution in [0.3, 0.4) is 0 Å². The molecule has 0 N–H and O–H groups in total. The fourth-order valence-electron chi connectivity index (χ4n) is 4.05. The van der Waals surface area contributed by atoms with Gasteiger partial charge in [0.25, 0.3) is 11.8 Å². The number of carbonyl (C=O) groups excluding carboxylic acids is 2. The standard InChI is InChI=1S/C23H24Cl2FN3O3/c24-19-6-5-16(13-20(19)25)22(30)29-11-12-32-17(15-29)14-27-7-9-28(10-8-27)23(31)18-3-1-2-4-21(18)26/h1-6,13,17H,7-12,14-15H2/t17-/m0/s1. The van der Waals surface area contributed by atoms with Gasteiger partial charge in [-0.05, 0) is 30.3 Å². The Morgan fingerprint density at radius 2 is 1.69 bits per heavy atom. The van der Waals surface area contributed by atoms with Crippen molar-refractivity contribution in [2.24, 2.45) is 0 Å². The first-order valence-electron chi connectivity index (χ1n) is 10.5. The number of benzene rings is 2. The molecule has 2 fully saturated rings. The van der Waals surface area contributed by atoms with Gasteiger partial charge in [-0.3, -0.25) is 14.5 Å². The molecule has 0 saturated carbocycles. The fraction of sp³-hybridized carbons (Fsp3) is 0.391. The quantitative estimate of drug-likeness (QED) is 0.673. The molecular formula is C23H24Cl2FN3O3. The third-order valence-corrected chi connectivity index (χ3v) is 6.56. The Bertz CT molecular complexity index is 998. The van der Waals surface area contributed by atoms with Crippen LogP contribution in [0.5, 0.6) is 0 Å². The van der Waals surface area contributed by atoms with Crippen LogP contribution in [-0.4, -0.2) is 85.0 Å². The minimum Gasteiger partial charge on any atom is -0.373 e. The van der Waals surface area contributed by atoms with Crippen LogP contribution in [-0.2, 0) is 4.74 Å². The fourth-order valence-corrected chi connectivity index (χ4v) is 4.35. The van der Waals surface area contributed by atoms with Crippen molar-refractivity contribution < 1.29 is 18.7 Å². The summed E-state index contributed by atoms with van der Waals surface area (Å²) >= 11 is 12.0. The molecular weight excluding hydrogens is 456 g/mol. The lowest BCUT2D eigenvalue weighted by Crippen LogP contribution is -2.54. The van der Waals surface area contributed by atoms with Crippen molar-refractivity contribution in [2.45, 2.75) is 6.10 Å². The molecule has 2 aliphatic heterocycles. The van der Waals surface area contributed by atoms with Gasteiger partial charge in [0.2, 0.25) is 0 Å². The smallest absolute Gasteiger partial charge is 0.256 e. The molecule has 0 unspecified atom stereocenters. The summed E-state index contributed by atoms with van der Waals surface area (Å²) in [7, 11) is 0. The molecule has 0 bridgehead atoms. The van der Waals surface area contributed by atoms with Crippen LogP contribution in [0.1, 0.15) is 20.7 Å². The molecule has 2 aromatic rings. The third-order valence-electron chi connectivity index (χ3n) is 5.82. The molecule has 9 heteroatoms. The van der Waals surface area contributed by atoms with Gasteiger partial charge in [0.15, 0.2) is 0 Å². The molecule has 0 radical (unpaired) electrons. The number of hydrogen-bond acceptors (Lipinski definition) is 4. The van der Waals surface area contributed by atoms with Crippen molar-refractivity contribution in [2.75, 3.05) is 52.4 Å². The van der Waals surface area contributed by atoms with Crippen LogP contribution in [0.4, 0.5) is 4.39 Å². The van der Waals surface area contributed by atoms with Gasteiger partial charge in [-0.1, -0.05) is 35.3 Å². The summed E-state index contributed by atoms with van der Waals surface area (Å²) < 4.78 is 19.8. The predicted octanol–water partition coefficient (Wildman–Crippen LogP) is 3.43. The Morgan fingerprint density at radius 1 is 0.938 bits per heavy atom. The average molecular weight is 480 g/mol. The van der Waals surface area contributed by atoms with Gasteiger partial charge in [0.05, 0.1) is 28.3 Å². The number of piperazine rings is 1. The van der Waals surface area contributed by atoms with E-state index in [-0.39, 0.29) is 23.5 Å². The van der Waals surface area contributed by atoms with E-state index in [0.29, 0.717) is 68.0 Å². The Morgan fingerprint density at radius 3 is 2.41 bits per heavy atom. The minimum absolute atomic E-state index is 0.0998. The minimum atomic E-state index is -0.498. The topological polar surface area (TPSA) is 53.1 Å². The van der Waals surface area contributed by atoms with E-state index in [1.54, 1.807) is 40.1 Å². The normalized spacial score (nSPS) is 19.8. The maximum Gasteiger partial charge on any atom is 0.256 e. The van der Waals surface area contributed by atoms with Crippen molar-refractivity contribution >= 4 is 35.0 Å². The van der Waals surface area contributed by atoms with Crippen LogP contribution in [0.15, 0.2) is 42.5 Å². The van der Waals surface area contributed by atoms with E-state index in [1.807, 2.05) is 0 Å². The van der Waals surface area contributed by atoms with E-state index in [9.17, 15) is 14.0 Å². The highest BCUT2D eigenvalue weighted by atomic mass is 35.5. The third kappa shape index (κ3) is 5.23. The summed E-state index contributed by atoms with van der Waals surface area (Å²) in [4.78, 5) is 31.1. The number of rotatable bonds is 4. The van der Waals surface area contributed by atoms with Crippen molar-refractivity contribution in [3.8, 4) is 0 Å². The highest BCUT2D eigenvalue weighted by molar-refractivity contribution is 6.42. The van der Waals surface area contributed by atoms with Crippen LogP contribution in [0.2, 0.25) is 10.0 Å². The summed E-state index contributed by atoms with van der Waals surface area (Å²) in [6, 6.07) is 10.9. The SMILES string of the molecule is O=C(c1ccc(Cl)c(Cl)c1)N1CCO[C@@H](CN2CCN(C(=O)c3ccccc3F)CC2)C1. The van der Waals surface area contributed by atoms with E-state index in [2.05, 4.69) is 4.90 Å². The van der Waals surface area contributed by atoms with Gasteiger partial charge in [-0.25, -0.2) is 4.39 Å². The van der Waals surface area contributed by atoms with E-state index in [1.165, 1.54) is 12.1 Å². The first kappa shape index (κ1) is 23.0. The molecule has 4 rings (SSSR count). The summed E-state index contributed by atoms with van der Waals surface area (Å²) in [5, 5.41) is 0.765. The molecule has 170 valence electrons. The molecule has 6 nitrogen and oxygen atoms in total. The first-order chi connectivity index (χ1) is 15.4. The molecule has 0 aromatic heterocycles. The predicted molar refractivity (Wildman–Crippen MR) is 121 cm³/mol. The number of carbonyl (C=O) groups is 2. The molecule has 2 aromatic carbocycles. The Balaban J connectivity index is 1.29. The molecule has 0 aliphatic carbocycles. The summed E-state index contributed by atoms with van der Waals surface area (Å²) in [6.07, 6.45) is -0.121. The molecule has 2 aliphatic rings. The summed E-state index contributed by atoms with van der Waals surface area (Å²) in [5.41, 5.74) is 0.605. The number of ether oxygens (including phenoxy) is 1. The zero-order chi connectivity index (χ0) is 22.7. The highest BCUT2D eigenvalue weighted by Gasteiger charge is 2.29. The first-order valence-corrected chi connectivity index (χ1v) is 11.3. The highest BCUT2D eigenvalue weighted by Crippen LogP contribution is 2.24. The lowest BCUT2D eigenvalue weighted by atomic mass is 10.1. The number of nitrogens with zero attached hydrogens (tertiary/aromatic N) is 3. The Hall–Kier alpha value is -2.19. The Kier molecular flexibility index (Phi) is 7.30. The lowest BCUT2D eigenvalue weighted by molar-refractivity contribution is -0.0400. The van der Waals surface area contributed by atoms with E-state index < -0.39 is 5.82 Å². The van der Waals surface area contributed by atoms with E-state index in [0.717, 1.165) is 0 Å². The van der Waals surface area contributed by atoms with Gasteiger partial charge in [-0.15, -0.1) is 0 Å². The van der Waals surface area contributed by atoms with Gasteiger partial charge < -0.3 is 14.5 Å². The molecule has 32 heavy (non-hydrogen) atoms. The van der Waals surface area contributed by atoms with Crippen LogP contribution < -0.4 is 0 Å². The summed E-state index contributed by atoms with van der Waals surface area (Å²) in [5.74, 6) is -0.880. The van der Waals surface area contributed by atoms with Gasteiger partial charge in [0, 0.05) is 51.4 Å². The van der Waals surface area contributed by atoms with E-state index >= 15 is 0 Å². The lowest BCUT2D eigenvalue weighted by Gasteiger charge is -2.39. The Labute approximate surface area is 196 Å². The van der Waals surface area contributed by atoms with Crippen molar-refractivity contribution in [3.05, 3.63) is 69.5 Å². The molecule has 2 heterocycles. The largest absolute Gasteiger partial charge is 0.373 e. The van der Waals surface area contributed by atoms with Crippen molar-refractivity contribution in [1.29, 1.82) is 0 Å². The second-order valence-corrected chi connectivity index (χ2v) is 8.76. The van der Waals surface area contributed by atoms with Gasteiger partial charge in [0.1, 0.15) is 5.82 Å². The number of amides is 2. The van der Waals surface area contributed by atoms with E-state index in [4.69, 9.17) is 27.9 Å². The second-order valence-electron chi connectivity index (χ2n) is 7.95. The van der Waals surface area contributed by atoms with Crippen LogP contribution in [0, 0.1) is 5.82 Å². The number of hydrogen-bond donors (Lipinski definition) is 0. The number of morpholine rings is 1. The molecule has 2 saturated heterocycles. The van der Waals surface area contributed by atoms with Gasteiger partial charge in [-0.2, -0.15) is 0 Å². The summed E-state index contributed by atoms with van der Waals surface area (Å²) in [6.45, 7) is 4.49. The van der Waals surface area contributed by atoms with Crippen LogP contribution in [0.25, 0.3) is 0 Å². The van der Waals surface area contributed by atoms with Gasteiger partial charge >= 0.3 is 0 Å². The monoisotopic (exact) mass is 479 g/mol.